The van der Waals surface area contributed by atoms with E-state index in [1.54, 1.807) is 12.4 Å². The molecular formula is C15H22N4O2. The number of amides is 1. The Bertz CT molecular complexity index is 508. The molecule has 1 aromatic heterocycles. The Hall–Kier alpha value is -1.69. The standard InChI is InChI=1S/C15H22N4O2/c1-11(2)13(20)18-8-15-9-19(6-12(15)7-21-10-15)14-16-4-3-5-17-14/h3-5,11-12H,6-10H2,1-2H3,(H,18,20)/t12-,15+/m1/s1. The van der Waals surface area contributed by atoms with Gasteiger partial charge in [0.2, 0.25) is 11.9 Å². The van der Waals surface area contributed by atoms with E-state index in [1.807, 2.05) is 19.9 Å². The van der Waals surface area contributed by atoms with Crippen LogP contribution in [0.25, 0.3) is 0 Å². The molecule has 114 valence electrons. The summed E-state index contributed by atoms with van der Waals surface area (Å²) in [6.07, 6.45) is 3.53. The predicted molar refractivity (Wildman–Crippen MR) is 78.8 cm³/mol. The number of nitrogens with one attached hydrogen (secondary N) is 1. The molecule has 6 heteroatoms. The zero-order valence-corrected chi connectivity index (χ0v) is 12.6. The molecule has 3 heterocycles. The monoisotopic (exact) mass is 290 g/mol. The second-order valence-corrected chi connectivity index (χ2v) is 6.38. The van der Waals surface area contributed by atoms with Crippen molar-refractivity contribution in [2.45, 2.75) is 13.8 Å². The Labute approximate surface area is 124 Å². The van der Waals surface area contributed by atoms with Gasteiger partial charge in [0.05, 0.1) is 13.2 Å². The third-order valence-electron chi connectivity index (χ3n) is 4.50. The lowest BCUT2D eigenvalue weighted by Crippen LogP contribution is -2.44. The summed E-state index contributed by atoms with van der Waals surface area (Å²) < 4.78 is 5.67. The fourth-order valence-corrected chi connectivity index (χ4v) is 3.16. The van der Waals surface area contributed by atoms with Crippen LogP contribution >= 0.6 is 0 Å². The van der Waals surface area contributed by atoms with Crippen LogP contribution in [0, 0.1) is 17.3 Å². The van der Waals surface area contributed by atoms with Gasteiger partial charge in [0, 0.05) is 49.3 Å². The molecule has 6 nitrogen and oxygen atoms in total. The highest BCUT2D eigenvalue weighted by Crippen LogP contribution is 2.41. The lowest BCUT2D eigenvalue weighted by atomic mass is 9.81. The molecule has 21 heavy (non-hydrogen) atoms. The van der Waals surface area contributed by atoms with Gasteiger partial charge in [-0.05, 0) is 6.07 Å². The number of rotatable bonds is 4. The Balaban J connectivity index is 1.70. The van der Waals surface area contributed by atoms with Crippen LogP contribution in [0.1, 0.15) is 13.8 Å². The molecule has 0 aliphatic carbocycles. The molecule has 0 bridgehead atoms. The molecule has 2 aliphatic rings. The summed E-state index contributed by atoms with van der Waals surface area (Å²) in [4.78, 5) is 22.7. The maximum absolute atomic E-state index is 11.8. The lowest BCUT2D eigenvalue weighted by Gasteiger charge is -2.27. The van der Waals surface area contributed by atoms with E-state index in [-0.39, 0.29) is 17.2 Å². The number of anilines is 1. The first-order chi connectivity index (χ1) is 10.1. The minimum absolute atomic E-state index is 0.0102. The molecule has 2 fully saturated rings. The first kappa shape index (κ1) is 14.3. The lowest BCUT2D eigenvalue weighted by molar-refractivity contribution is -0.124. The zero-order valence-electron chi connectivity index (χ0n) is 12.6. The number of nitrogens with zero attached hydrogens (tertiary/aromatic N) is 3. The summed E-state index contributed by atoms with van der Waals surface area (Å²) in [5, 5.41) is 3.07. The number of hydrogen-bond donors (Lipinski definition) is 1. The number of carbonyl (C=O) groups is 1. The molecule has 2 atom stereocenters. The molecule has 2 aliphatic heterocycles. The van der Waals surface area contributed by atoms with Crippen molar-refractivity contribution >= 4 is 11.9 Å². The van der Waals surface area contributed by atoms with Gasteiger partial charge in [0.15, 0.2) is 0 Å². The summed E-state index contributed by atoms with van der Waals surface area (Å²) in [7, 11) is 0. The number of ether oxygens (including phenoxy) is 1. The molecule has 0 saturated carbocycles. The van der Waals surface area contributed by atoms with Crippen molar-refractivity contribution in [1.29, 1.82) is 0 Å². The molecule has 2 saturated heterocycles. The molecule has 1 aromatic rings. The van der Waals surface area contributed by atoms with Crippen LogP contribution in [0.3, 0.4) is 0 Å². The molecule has 0 unspecified atom stereocenters. The van der Waals surface area contributed by atoms with Crippen molar-refractivity contribution in [2.75, 3.05) is 37.7 Å². The predicted octanol–water partition coefficient (Wildman–Crippen LogP) is 0.702. The van der Waals surface area contributed by atoms with Gasteiger partial charge in [0.1, 0.15) is 0 Å². The molecule has 0 radical (unpaired) electrons. The smallest absolute Gasteiger partial charge is 0.225 e. The number of aromatic nitrogens is 2. The van der Waals surface area contributed by atoms with Gasteiger partial charge in [-0.2, -0.15) is 0 Å². The summed E-state index contributed by atoms with van der Waals surface area (Å²) in [5.74, 6) is 1.30. The fraction of sp³-hybridized carbons (Fsp3) is 0.667. The van der Waals surface area contributed by atoms with Crippen molar-refractivity contribution in [1.82, 2.24) is 15.3 Å². The summed E-state index contributed by atoms with van der Waals surface area (Å²) in [5.41, 5.74) is -0.0102. The SMILES string of the molecule is CC(C)C(=O)NC[C@]12COC[C@H]1CN(c1ncccn1)C2. The molecular weight excluding hydrogens is 268 g/mol. The third kappa shape index (κ3) is 2.72. The van der Waals surface area contributed by atoms with E-state index in [4.69, 9.17) is 4.74 Å². The topological polar surface area (TPSA) is 67.3 Å². The van der Waals surface area contributed by atoms with Crippen LogP contribution in [0.4, 0.5) is 5.95 Å². The van der Waals surface area contributed by atoms with E-state index in [1.165, 1.54) is 0 Å². The Morgan fingerprint density at radius 2 is 2.29 bits per heavy atom. The van der Waals surface area contributed by atoms with Crippen molar-refractivity contribution in [3.63, 3.8) is 0 Å². The number of carbonyl (C=O) groups excluding carboxylic acids is 1. The fourth-order valence-electron chi connectivity index (χ4n) is 3.16. The molecule has 1 N–H and O–H groups in total. The van der Waals surface area contributed by atoms with Gasteiger partial charge >= 0.3 is 0 Å². The van der Waals surface area contributed by atoms with E-state index in [2.05, 4.69) is 20.2 Å². The van der Waals surface area contributed by atoms with Gasteiger partial charge in [-0.25, -0.2) is 9.97 Å². The molecule has 0 spiro atoms. The maximum Gasteiger partial charge on any atom is 0.225 e. The largest absolute Gasteiger partial charge is 0.380 e. The first-order valence-corrected chi connectivity index (χ1v) is 7.48. The van der Waals surface area contributed by atoms with Gasteiger partial charge in [-0.15, -0.1) is 0 Å². The maximum atomic E-state index is 11.8. The van der Waals surface area contributed by atoms with Crippen molar-refractivity contribution in [3.05, 3.63) is 18.5 Å². The van der Waals surface area contributed by atoms with Crippen LogP contribution in [-0.4, -0.2) is 48.7 Å². The highest BCUT2D eigenvalue weighted by atomic mass is 16.5. The van der Waals surface area contributed by atoms with Crippen molar-refractivity contribution in [3.8, 4) is 0 Å². The summed E-state index contributed by atoms with van der Waals surface area (Å²) >= 11 is 0. The average molecular weight is 290 g/mol. The number of hydrogen-bond acceptors (Lipinski definition) is 5. The van der Waals surface area contributed by atoms with Crippen molar-refractivity contribution < 1.29 is 9.53 Å². The Morgan fingerprint density at radius 1 is 1.52 bits per heavy atom. The summed E-state index contributed by atoms with van der Waals surface area (Å²) in [6, 6.07) is 1.82. The van der Waals surface area contributed by atoms with Gasteiger partial charge in [0.25, 0.3) is 0 Å². The normalized spacial score (nSPS) is 28.0. The first-order valence-electron chi connectivity index (χ1n) is 7.48. The van der Waals surface area contributed by atoms with Gasteiger partial charge in [-0.3, -0.25) is 4.79 Å². The van der Waals surface area contributed by atoms with Gasteiger partial charge < -0.3 is 15.0 Å². The Kier molecular flexibility index (Phi) is 3.80. The van der Waals surface area contributed by atoms with Crippen LogP contribution in [0.15, 0.2) is 18.5 Å². The van der Waals surface area contributed by atoms with Crippen LogP contribution < -0.4 is 10.2 Å². The zero-order chi connectivity index (χ0) is 14.9. The second-order valence-electron chi connectivity index (χ2n) is 6.38. The van der Waals surface area contributed by atoms with E-state index in [0.717, 1.165) is 25.6 Å². The van der Waals surface area contributed by atoms with Crippen LogP contribution in [0.5, 0.6) is 0 Å². The van der Waals surface area contributed by atoms with Crippen LogP contribution in [-0.2, 0) is 9.53 Å². The Morgan fingerprint density at radius 3 is 3.00 bits per heavy atom. The van der Waals surface area contributed by atoms with Gasteiger partial charge in [-0.1, -0.05) is 13.8 Å². The molecule has 3 rings (SSSR count). The minimum Gasteiger partial charge on any atom is -0.380 e. The minimum atomic E-state index is -0.0102. The van der Waals surface area contributed by atoms with E-state index < -0.39 is 0 Å². The molecule has 0 aromatic carbocycles. The van der Waals surface area contributed by atoms with E-state index in [9.17, 15) is 4.79 Å². The number of fused-ring (bicyclic) bond motifs is 1. The quantitative estimate of drug-likeness (QED) is 0.884. The average Bonchev–Trinajstić information content (AvgIpc) is 3.02. The van der Waals surface area contributed by atoms with E-state index in [0.29, 0.717) is 19.1 Å². The van der Waals surface area contributed by atoms with Crippen LogP contribution in [0.2, 0.25) is 0 Å². The molecule has 1 amide bonds. The highest BCUT2D eigenvalue weighted by molar-refractivity contribution is 5.77. The third-order valence-corrected chi connectivity index (χ3v) is 4.50. The van der Waals surface area contributed by atoms with E-state index >= 15 is 0 Å². The second kappa shape index (κ2) is 5.60. The van der Waals surface area contributed by atoms with Crippen molar-refractivity contribution in [2.24, 2.45) is 17.3 Å². The summed E-state index contributed by atoms with van der Waals surface area (Å²) in [6.45, 7) is 7.66. The highest BCUT2D eigenvalue weighted by Gasteiger charge is 2.51.